The van der Waals surface area contributed by atoms with Crippen LogP contribution in [0.25, 0.3) is 0 Å². The summed E-state index contributed by atoms with van der Waals surface area (Å²) in [4.78, 5) is 14.7. The van der Waals surface area contributed by atoms with Crippen LogP contribution < -0.4 is 18.9 Å². The van der Waals surface area contributed by atoms with Crippen molar-refractivity contribution in [3.8, 4) is 34.5 Å². The van der Waals surface area contributed by atoms with Crippen LogP contribution in [0.2, 0.25) is 0 Å². The van der Waals surface area contributed by atoms with E-state index in [1.807, 2.05) is 24.3 Å². The Morgan fingerprint density at radius 2 is 1.16 bits per heavy atom. The molecule has 0 aliphatic carbocycles. The first-order valence-corrected chi connectivity index (χ1v) is 15.7. The van der Waals surface area contributed by atoms with Gasteiger partial charge in [0.05, 0.1) is 20.3 Å². The molecule has 232 valence electrons. The lowest BCUT2D eigenvalue weighted by molar-refractivity contribution is -0.0426. The number of ether oxygens (including phenoxy) is 6. The van der Waals surface area contributed by atoms with Gasteiger partial charge in [0.2, 0.25) is 0 Å². The molecule has 4 aromatic carbocycles. The molecule has 0 aliphatic heterocycles. The monoisotopic (exact) mass is 638 g/mol. The average Bonchev–Trinajstić information content (AvgIpc) is 3.04. The third kappa shape index (κ3) is 11.2. The third-order valence-electron chi connectivity index (χ3n) is 5.90. The molecule has 4 aromatic rings. The molecule has 4 rings (SSSR count). The molecule has 0 saturated carbocycles. The standard InChI is InChI=1S/C33H34O9S2/c1-37-25-4-6-26(7-5-25)40-16-17-41-28-10-15-31(32(35)22-28)33(36)42-27-8-13-30(14-9-27)44-21-19-39-23-38-18-20-43-29-11-2-24(34)3-12-29/h2-15,22,34-35H,16-21,23H2,1H3. The summed E-state index contributed by atoms with van der Waals surface area (Å²) < 4.78 is 32.8. The molecule has 0 aromatic heterocycles. The van der Waals surface area contributed by atoms with Crippen LogP contribution in [0, 0.1) is 0 Å². The molecule has 0 unspecified atom stereocenters. The van der Waals surface area contributed by atoms with Crippen LogP contribution in [0.15, 0.2) is 101 Å². The number of carbonyl (C=O) groups excluding carboxylic acids is 1. The van der Waals surface area contributed by atoms with Crippen LogP contribution >= 0.6 is 23.5 Å². The second-order valence-corrected chi connectivity index (χ2v) is 11.4. The number of phenolic OH excluding ortho intramolecular Hbond substituents is 2. The van der Waals surface area contributed by atoms with Crippen LogP contribution in [0.3, 0.4) is 0 Å². The Kier molecular flexibility index (Phi) is 13.4. The van der Waals surface area contributed by atoms with E-state index in [2.05, 4.69) is 0 Å². The normalized spacial score (nSPS) is 10.8. The molecule has 0 saturated heterocycles. The number of phenols is 2. The van der Waals surface area contributed by atoms with E-state index in [0.29, 0.717) is 37.1 Å². The summed E-state index contributed by atoms with van der Waals surface area (Å²) in [7, 11) is 1.60. The average molecular weight is 639 g/mol. The molecule has 0 bridgehead atoms. The zero-order valence-electron chi connectivity index (χ0n) is 24.2. The summed E-state index contributed by atoms with van der Waals surface area (Å²) in [5, 5.41) is 19.7. The Balaban J connectivity index is 1.08. The summed E-state index contributed by atoms with van der Waals surface area (Å²) >= 11 is 3.26. The predicted molar refractivity (Wildman–Crippen MR) is 170 cm³/mol. The summed E-state index contributed by atoms with van der Waals surface area (Å²) in [6.07, 6.45) is 0. The number of hydrogen-bond donors (Lipinski definition) is 2. The van der Waals surface area contributed by atoms with Gasteiger partial charge in [0, 0.05) is 27.4 Å². The molecular weight excluding hydrogens is 604 g/mol. The van der Waals surface area contributed by atoms with Crippen LogP contribution in [0.4, 0.5) is 0 Å². The largest absolute Gasteiger partial charge is 0.508 e. The summed E-state index contributed by atoms with van der Waals surface area (Å²) in [5.74, 6) is 3.07. The molecule has 11 heteroatoms. The van der Waals surface area contributed by atoms with Crippen molar-refractivity contribution in [2.45, 2.75) is 9.79 Å². The number of aromatic hydroxyl groups is 2. The maximum absolute atomic E-state index is 12.6. The number of thioether (sulfide) groups is 2. The zero-order chi connectivity index (χ0) is 31.0. The van der Waals surface area contributed by atoms with Crippen LogP contribution in [0.5, 0.6) is 34.5 Å². The maximum atomic E-state index is 12.6. The fraction of sp³-hybridized carbons (Fsp3) is 0.242. The Morgan fingerprint density at radius 1 is 0.636 bits per heavy atom. The highest BCUT2D eigenvalue weighted by Gasteiger charge is 2.15. The highest BCUT2D eigenvalue weighted by atomic mass is 32.2. The third-order valence-corrected chi connectivity index (χ3v) is 7.85. The van der Waals surface area contributed by atoms with Crippen molar-refractivity contribution >= 4 is 29.5 Å². The zero-order valence-corrected chi connectivity index (χ0v) is 25.8. The van der Waals surface area contributed by atoms with E-state index in [0.717, 1.165) is 27.0 Å². The first-order valence-electron chi connectivity index (χ1n) is 13.7. The molecule has 44 heavy (non-hydrogen) atoms. The molecule has 0 amide bonds. The van der Waals surface area contributed by atoms with Gasteiger partial charge in [-0.2, -0.15) is 0 Å². The van der Waals surface area contributed by atoms with E-state index >= 15 is 0 Å². The fourth-order valence-electron chi connectivity index (χ4n) is 3.69. The smallest absolute Gasteiger partial charge is 0.347 e. The molecule has 0 radical (unpaired) electrons. The highest BCUT2D eigenvalue weighted by Crippen LogP contribution is 2.27. The van der Waals surface area contributed by atoms with Gasteiger partial charge < -0.3 is 38.6 Å². The van der Waals surface area contributed by atoms with Crippen molar-refractivity contribution in [2.24, 2.45) is 0 Å². The van der Waals surface area contributed by atoms with E-state index in [-0.39, 0.29) is 30.5 Å². The lowest BCUT2D eigenvalue weighted by Crippen LogP contribution is -2.10. The molecule has 0 atom stereocenters. The molecule has 9 nitrogen and oxygen atoms in total. The van der Waals surface area contributed by atoms with Crippen molar-refractivity contribution < 1.29 is 43.4 Å². The number of hydrogen-bond acceptors (Lipinski definition) is 11. The Morgan fingerprint density at radius 3 is 1.75 bits per heavy atom. The number of methoxy groups -OCH3 is 1. The molecular formula is C33H34O9S2. The van der Waals surface area contributed by atoms with E-state index in [4.69, 9.17) is 28.4 Å². The second-order valence-electron chi connectivity index (χ2n) is 9.04. The maximum Gasteiger partial charge on any atom is 0.347 e. The van der Waals surface area contributed by atoms with Crippen molar-refractivity contribution in [1.82, 2.24) is 0 Å². The lowest BCUT2D eigenvalue weighted by atomic mass is 10.2. The van der Waals surface area contributed by atoms with Gasteiger partial charge in [0.15, 0.2) is 0 Å². The number of rotatable bonds is 18. The van der Waals surface area contributed by atoms with E-state index < -0.39 is 5.97 Å². The van der Waals surface area contributed by atoms with Gasteiger partial charge in [-0.15, -0.1) is 23.5 Å². The Labute approximate surface area is 265 Å². The number of benzene rings is 4. The minimum Gasteiger partial charge on any atom is -0.508 e. The molecule has 0 spiro atoms. The molecule has 0 heterocycles. The number of carbonyl (C=O) groups is 1. The van der Waals surface area contributed by atoms with Crippen molar-refractivity contribution in [2.75, 3.05) is 51.8 Å². The Bertz CT molecular complexity index is 1430. The highest BCUT2D eigenvalue weighted by molar-refractivity contribution is 7.99. The summed E-state index contributed by atoms with van der Waals surface area (Å²) in [5.41, 5.74) is 0.0311. The quantitative estimate of drug-likeness (QED) is 0.0401. The summed E-state index contributed by atoms with van der Waals surface area (Å²) in [6, 6.07) is 25.8. The minimum atomic E-state index is -0.674. The van der Waals surface area contributed by atoms with Gasteiger partial charge in [-0.1, -0.05) is 0 Å². The van der Waals surface area contributed by atoms with Gasteiger partial charge in [-0.05, 0) is 84.9 Å². The van der Waals surface area contributed by atoms with Gasteiger partial charge in [0.25, 0.3) is 0 Å². The minimum absolute atomic E-state index is 0.0311. The van der Waals surface area contributed by atoms with Gasteiger partial charge in [-0.25, -0.2) is 4.79 Å². The van der Waals surface area contributed by atoms with Crippen LogP contribution in [0.1, 0.15) is 10.4 Å². The first kappa shape index (κ1) is 32.9. The van der Waals surface area contributed by atoms with Gasteiger partial charge in [0.1, 0.15) is 60.1 Å². The first-order chi connectivity index (χ1) is 21.5. The van der Waals surface area contributed by atoms with Gasteiger partial charge in [-0.3, -0.25) is 0 Å². The fourth-order valence-corrected chi connectivity index (χ4v) is 5.22. The van der Waals surface area contributed by atoms with Crippen molar-refractivity contribution in [3.05, 3.63) is 96.6 Å². The van der Waals surface area contributed by atoms with E-state index in [1.54, 1.807) is 85.2 Å². The predicted octanol–water partition coefficient (Wildman–Crippen LogP) is 6.66. The molecule has 2 N–H and O–H groups in total. The van der Waals surface area contributed by atoms with E-state index in [1.165, 1.54) is 12.1 Å². The van der Waals surface area contributed by atoms with Crippen LogP contribution in [-0.4, -0.2) is 68.0 Å². The molecule has 0 fully saturated rings. The summed E-state index contributed by atoms with van der Waals surface area (Å²) in [6.45, 7) is 1.87. The molecule has 0 aliphatic rings. The van der Waals surface area contributed by atoms with Gasteiger partial charge >= 0.3 is 5.97 Å². The van der Waals surface area contributed by atoms with Crippen molar-refractivity contribution in [3.63, 3.8) is 0 Å². The SMILES string of the molecule is COc1ccc(OCCOc2ccc(C(=O)Oc3ccc(SCCOCOCCSc4ccc(O)cc4)cc3)c(O)c2)cc1. The topological polar surface area (TPSA) is 113 Å². The van der Waals surface area contributed by atoms with Crippen molar-refractivity contribution in [1.29, 1.82) is 0 Å². The Hall–Kier alpha value is -4.03. The second kappa shape index (κ2) is 17.9. The van der Waals surface area contributed by atoms with E-state index in [9.17, 15) is 15.0 Å². The lowest BCUT2D eigenvalue weighted by Gasteiger charge is -2.11. The number of esters is 1. The van der Waals surface area contributed by atoms with Crippen LogP contribution in [-0.2, 0) is 9.47 Å².